The summed E-state index contributed by atoms with van der Waals surface area (Å²) in [6, 6.07) is 9.79. The van der Waals surface area contributed by atoms with Gasteiger partial charge in [-0.05, 0) is 55.5 Å². The van der Waals surface area contributed by atoms with Gasteiger partial charge in [0.05, 0.1) is 10.6 Å². The molecule has 1 unspecified atom stereocenters. The molecule has 7 nitrogen and oxygen atoms in total. The van der Waals surface area contributed by atoms with Crippen LogP contribution in [0.25, 0.3) is 0 Å². The molecule has 0 spiro atoms. The van der Waals surface area contributed by atoms with Crippen LogP contribution in [0.3, 0.4) is 0 Å². The zero-order valence-corrected chi connectivity index (χ0v) is 19.4. The second-order valence-corrected chi connectivity index (χ2v) is 8.89. The van der Waals surface area contributed by atoms with E-state index in [0.29, 0.717) is 42.3 Å². The minimum atomic E-state index is -0.666. The first-order chi connectivity index (χ1) is 15.3. The van der Waals surface area contributed by atoms with E-state index in [2.05, 4.69) is 15.6 Å². The molecule has 1 aromatic carbocycles. The van der Waals surface area contributed by atoms with Gasteiger partial charge >= 0.3 is 0 Å². The van der Waals surface area contributed by atoms with Gasteiger partial charge in [-0.25, -0.2) is 4.98 Å². The summed E-state index contributed by atoms with van der Waals surface area (Å²) in [6.45, 7) is 6.65. The number of rotatable bonds is 6. The van der Waals surface area contributed by atoms with Crippen molar-refractivity contribution in [2.45, 2.75) is 39.7 Å². The summed E-state index contributed by atoms with van der Waals surface area (Å²) in [4.78, 5) is 44.4. The molecule has 3 amide bonds. The Bertz CT molecular complexity index is 987. The molecule has 1 saturated heterocycles. The molecule has 3 rings (SSSR count). The molecular formula is C24H29ClN4O3. The summed E-state index contributed by atoms with van der Waals surface area (Å²) in [7, 11) is 0. The van der Waals surface area contributed by atoms with Gasteiger partial charge in [0.25, 0.3) is 5.91 Å². The maximum atomic E-state index is 13.2. The predicted molar refractivity (Wildman–Crippen MR) is 124 cm³/mol. The van der Waals surface area contributed by atoms with Crippen LogP contribution < -0.4 is 10.6 Å². The Hall–Kier alpha value is -2.93. The fourth-order valence-corrected chi connectivity index (χ4v) is 3.99. The van der Waals surface area contributed by atoms with Crippen molar-refractivity contribution in [3.8, 4) is 0 Å². The summed E-state index contributed by atoms with van der Waals surface area (Å²) in [5, 5.41) is 6.05. The first-order valence-electron chi connectivity index (χ1n) is 10.8. The lowest BCUT2D eigenvalue weighted by Gasteiger charge is -2.35. The van der Waals surface area contributed by atoms with Gasteiger partial charge in [0, 0.05) is 25.2 Å². The van der Waals surface area contributed by atoms with Crippen LogP contribution in [0.2, 0.25) is 5.02 Å². The molecule has 8 heteroatoms. The van der Waals surface area contributed by atoms with E-state index in [9.17, 15) is 14.4 Å². The Labute approximate surface area is 193 Å². The van der Waals surface area contributed by atoms with Crippen molar-refractivity contribution in [1.29, 1.82) is 0 Å². The van der Waals surface area contributed by atoms with Gasteiger partial charge < -0.3 is 15.5 Å². The zero-order valence-electron chi connectivity index (χ0n) is 18.6. The quantitative estimate of drug-likeness (QED) is 0.693. The van der Waals surface area contributed by atoms with Crippen molar-refractivity contribution in [1.82, 2.24) is 15.2 Å². The maximum absolute atomic E-state index is 13.2. The van der Waals surface area contributed by atoms with Crippen molar-refractivity contribution < 1.29 is 14.4 Å². The van der Waals surface area contributed by atoms with Crippen molar-refractivity contribution in [3.05, 3.63) is 58.7 Å². The zero-order chi connectivity index (χ0) is 23.3. The van der Waals surface area contributed by atoms with E-state index in [1.165, 1.54) is 0 Å². The van der Waals surface area contributed by atoms with Gasteiger partial charge in [0.2, 0.25) is 11.8 Å². The summed E-state index contributed by atoms with van der Waals surface area (Å²) in [6.07, 6.45) is 2.79. The highest BCUT2D eigenvalue weighted by Gasteiger charge is 2.33. The van der Waals surface area contributed by atoms with Crippen LogP contribution in [0, 0.1) is 18.8 Å². The number of halogens is 1. The van der Waals surface area contributed by atoms with Crippen LogP contribution in [-0.2, 0) is 9.59 Å². The van der Waals surface area contributed by atoms with Crippen LogP contribution in [0.4, 0.5) is 5.82 Å². The second kappa shape index (κ2) is 10.6. The highest BCUT2D eigenvalue weighted by Crippen LogP contribution is 2.22. The molecule has 0 aliphatic carbocycles. The number of anilines is 1. The third-order valence-electron chi connectivity index (χ3n) is 5.68. The van der Waals surface area contributed by atoms with E-state index in [1.54, 1.807) is 35.4 Å². The smallest absolute Gasteiger partial charge is 0.253 e. The van der Waals surface area contributed by atoms with Crippen molar-refractivity contribution >= 4 is 35.1 Å². The van der Waals surface area contributed by atoms with Gasteiger partial charge in [0.1, 0.15) is 11.9 Å². The molecule has 0 saturated carbocycles. The fraction of sp³-hybridized carbons (Fsp3) is 0.417. The lowest BCUT2D eigenvalue weighted by molar-refractivity contribution is -0.137. The number of amides is 3. The maximum Gasteiger partial charge on any atom is 0.253 e. The number of benzene rings is 1. The molecule has 1 aromatic heterocycles. The molecule has 1 aliphatic rings. The standard InChI is InChI=1S/C24H29ClN4O3/c1-15(2)21(28-23(31)18-6-4-5-7-19(18)25)24(32)29-12-9-17(10-13-29)22(30)27-20-14-16(3)8-11-26-20/h4-8,11,14-15,17,21H,9-10,12-13H2,1-3H3,(H,28,31)(H,26,27,30). The minimum Gasteiger partial charge on any atom is -0.341 e. The Morgan fingerprint density at radius 3 is 2.44 bits per heavy atom. The summed E-state index contributed by atoms with van der Waals surface area (Å²) < 4.78 is 0. The molecule has 2 heterocycles. The third-order valence-corrected chi connectivity index (χ3v) is 6.01. The van der Waals surface area contributed by atoms with Crippen LogP contribution in [0.15, 0.2) is 42.6 Å². The first kappa shape index (κ1) is 23.7. The first-order valence-corrected chi connectivity index (χ1v) is 11.2. The average Bonchev–Trinajstić information content (AvgIpc) is 2.77. The number of aromatic nitrogens is 1. The molecule has 1 atom stereocenters. The number of aryl methyl sites for hydroxylation is 1. The van der Waals surface area contributed by atoms with E-state index >= 15 is 0 Å². The van der Waals surface area contributed by atoms with Gasteiger partial charge in [-0.1, -0.05) is 37.6 Å². The van der Waals surface area contributed by atoms with E-state index in [-0.39, 0.29) is 29.6 Å². The number of nitrogens with zero attached hydrogens (tertiary/aromatic N) is 2. The van der Waals surface area contributed by atoms with E-state index in [1.807, 2.05) is 32.9 Å². The average molecular weight is 457 g/mol. The number of carbonyl (C=O) groups excluding carboxylic acids is 3. The highest BCUT2D eigenvalue weighted by atomic mass is 35.5. The van der Waals surface area contributed by atoms with E-state index in [4.69, 9.17) is 11.6 Å². The Morgan fingerprint density at radius 2 is 1.81 bits per heavy atom. The van der Waals surface area contributed by atoms with Crippen LogP contribution in [-0.4, -0.2) is 46.7 Å². The monoisotopic (exact) mass is 456 g/mol. The van der Waals surface area contributed by atoms with Crippen molar-refractivity contribution in [3.63, 3.8) is 0 Å². The summed E-state index contributed by atoms with van der Waals surface area (Å²) >= 11 is 6.12. The Morgan fingerprint density at radius 1 is 1.12 bits per heavy atom. The number of likely N-dealkylation sites (tertiary alicyclic amines) is 1. The minimum absolute atomic E-state index is 0.0809. The number of piperidine rings is 1. The van der Waals surface area contributed by atoms with Gasteiger partial charge in [0.15, 0.2) is 0 Å². The summed E-state index contributed by atoms with van der Waals surface area (Å²) in [5.74, 6) is -0.334. The van der Waals surface area contributed by atoms with E-state index < -0.39 is 6.04 Å². The number of nitrogens with one attached hydrogen (secondary N) is 2. The Balaban J connectivity index is 1.58. The molecule has 1 aliphatic heterocycles. The number of hydrogen-bond donors (Lipinski definition) is 2. The number of carbonyl (C=O) groups is 3. The molecule has 2 N–H and O–H groups in total. The van der Waals surface area contributed by atoms with Crippen molar-refractivity contribution in [2.75, 3.05) is 18.4 Å². The summed E-state index contributed by atoms with van der Waals surface area (Å²) in [5.41, 5.74) is 1.36. The predicted octanol–water partition coefficient (Wildman–Crippen LogP) is 3.68. The largest absolute Gasteiger partial charge is 0.341 e. The van der Waals surface area contributed by atoms with Crippen molar-refractivity contribution in [2.24, 2.45) is 11.8 Å². The molecular weight excluding hydrogens is 428 g/mol. The topological polar surface area (TPSA) is 91.4 Å². The van der Waals surface area contributed by atoms with Gasteiger partial charge in [-0.2, -0.15) is 0 Å². The SMILES string of the molecule is Cc1ccnc(NC(=O)C2CCN(C(=O)C(NC(=O)c3ccccc3Cl)C(C)C)CC2)c1. The van der Waals surface area contributed by atoms with Gasteiger partial charge in [-0.3, -0.25) is 14.4 Å². The molecule has 0 bridgehead atoms. The van der Waals surface area contributed by atoms with Gasteiger partial charge in [-0.15, -0.1) is 0 Å². The number of hydrogen-bond acceptors (Lipinski definition) is 4. The fourth-order valence-electron chi connectivity index (χ4n) is 3.77. The lowest BCUT2D eigenvalue weighted by atomic mass is 9.94. The highest BCUT2D eigenvalue weighted by molar-refractivity contribution is 6.33. The molecule has 32 heavy (non-hydrogen) atoms. The third kappa shape index (κ3) is 5.85. The van der Waals surface area contributed by atoms with Crippen LogP contribution in [0.5, 0.6) is 0 Å². The molecule has 1 fully saturated rings. The molecule has 170 valence electrons. The second-order valence-electron chi connectivity index (χ2n) is 8.48. The van der Waals surface area contributed by atoms with Crippen LogP contribution >= 0.6 is 11.6 Å². The Kier molecular flexibility index (Phi) is 7.85. The number of pyridine rings is 1. The molecule has 2 aromatic rings. The van der Waals surface area contributed by atoms with Crippen LogP contribution in [0.1, 0.15) is 42.6 Å². The normalized spacial score (nSPS) is 15.3. The van der Waals surface area contributed by atoms with E-state index in [0.717, 1.165) is 5.56 Å². The molecule has 0 radical (unpaired) electrons. The lowest BCUT2D eigenvalue weighted by Crippen LogP contribution is -2.53.